The number of aromatic nitrogens is 1. The first-order chi connectivity index (χ1) is 12.3. The van der Waals surface area contributed by atoms with Crippen LogP contribution >= 0.6 is 0 Å². The lowest BCUT2D eigenvalue weighted by molar-refractivity contribution is 0.104. The minimum absolute atomic E-state index is 0.0531. The average molecular weight is 321 g/mol. The van der Waals surface area contributed by atoms with E-state index in [-0.39, 0.29) is 5.78 Å². The lowest BCUT2D eigenvalue weighted by atomic mass is 9.94. The van der Waals surface area contributed by atoms with Crippen LogP contribution in [0.5, 0.6) is 0 Å². The van der Waals surface area contributed by atoms with Crippen LogP contribution in [0.15, 0.2) is 84.9 Å². The van der Waals surface area contributed by atoms with E-state index < -0.39 is 0 Å². The van der Waals surface area contributed by atoms with Gasteiger partial charge in [0.25, 0.3) is 0 Å². The third kappa shape index (κ3) is 2.08. The highest BCUT2D eigenvalue weighted by Gasteiger charge is 2.16. The highest BCUT2D eigenvalue weighted by atomic mass is 16.1. The van der Waals surface area contributed by atoms with Crippen molar-refractivity contribution in [1.29, 1.82) is 0 Å². The van der Waals surface area contributed by atoms with E-state index >= 15 is 0 Å². The van der Waals surface area contributed by atoms with Crippen LogP contribution in [0.1, 0.15) is 15.9 Å². The summed E-state index contributed by atoms with van der Waals surface area (Å²) in [4.78, 5) is 16.6. The Morgan fingerprint density at radius 1 is 0.640 bits per heavy atom. The van der Waals surface area contributed by atoms with Gasteiger partial charge in [-0.25, -0.2) is 0 Å². The Kier molecular flexibility index (Phi) is 2.98. The second-order valence-corrected chi connectivity index (χ2v) is 6.26. The SMILES string of the molecule is O=C(c1ccccc1)c1cc2[nH]c3ccccc3c2c2ccccc12. The molecule has 4 aromatic carbocycles. The van der Waals surface area contributed by atoms with Gasteiger partial charge in [-0.2, -0.15) is 0 Å². The second kappa shape index (κ2) is 5.32. The maximum atomic E-state index is 13.1. The summed E-state index contributed by atoms with van der Waals surface area (Å²) >= 11 is 0. The van der Waals surface area contributed by atoms with E-state index in [1.807, 2.05) is 66.7 Å². The van der Waals surface area contributed by atoms with E-state index in [2.05, 4.69) is 23.2 Å². The van der Waals surface area contributed by atoms with E-state index in [0.717, 1.165) is 27.4 Å². The maximum Gasteiger partial charge on any atom is 0.193 e. The third-order valence-corrected chi connectivity index (χ3v) is 4.79. The fraction of sp³-hybridized carbons (Fsp3) is 0. The Bertz CT molecular complexity index is 1250. The van der Waals surface area contributed by atoms with Gasteiger partial charge in [-0.05, 0) is 22.9 Å². The molecule has 0 unspecified atom stereocenters. The van der Waals surface area contributed by atoms with Crippen molar-refractivity contribution in [2.75, 3.05) is 0 Å². The van der Waals surface area contributed by atoms with Gasteiger partial charge in [-0.1, -0.05) is 72.8 Å². The maximum absolute atomic E-state index is 13.1. The molecule has 0 atom stereocenters. The van der Waals surface area contributed by atoms with E-state index in [4.69, 9.17) is 0 Å². The minimum Gasteiger partial charge on any atom is -0.354 e. The first kappa shape index (κ1) is 14.0. The topological polar surface area (TPSA) is 32.9 Å². The van der Waals surface area contributed by atoms with Gasteiger partial charge >= 0.3 is 0 Å². The van der Waals surface area contributed by atoms with Crippen molar-refractivity contribution >= 4 is 38.4 Å². The Hall–Kier alpha value is -3.39. The number of rotatable bonds is 2. The summed E-state index contributed by atoms with van der Waals surface area (Å²) in [5.41, 5.74) is 3.54. The molecule has 0 aliphatic heterocycles. The van der Waals surface area contributed by atoms with Crippen LogP contribution in [0.3, 0.4) is 0 Å². The zero-order valence-corrected chi connectivity index (χ0v) is 13.5. The van der Waals surface area contributed by atoms with E-state index in [1.165, 1.54) is 10.8 Å². The molecule has 0 radical (unpaired) electrons. The number of benzene rings is 4. The van der Waals surface area contributed by atoms with Crippen LogP contribution in [0.25, 0.3) is 32.6 Å². The fourth-order valence-electron chi connectivity index (χ4n) is 3.65. The van der Waals surface area contributed by atoms with Gasteiger partial charge in [0.05, 0.1) is 0 Å². The van der Waals surface area contributed by atoms with E-state index in [0.29, 0.717) is 5.56 Å². The van der Waals surface area contributed by atoms with Crippen molar-refractivity contribution in [2.24, 2.45) is 0 Å². The number of hydrogen-bond acceptors (Lipinski definition) is 1. The van der Waals surface area contributed by atoms with Crippen molar-refractivity contribution in [3.05, 3.63) is 96.1 Å². The second-order valence-electron chi connectivity index (χ2n) is 6.26. The summed E-state index contributed by atoms with van der Waals surface area (Å²) in [6.45, 7) is 0. The van der Waals surface area contributed by atoms with Gasteiger partial charge in [0, 0.05) is 32.9 Å². The van der Waals surface area contributed by atoms with Gasteiger partial charge < -0.3 is 4.98 Å². The molecule has 2 heteroatoms. The number of nitrogens with one attached hydrogen (secondary N) is 1. The Morgan fingerprint density at radius 3 is 2.08 bits per heavy atom. The predicted molar refractivity (Wildman–Crippen MR) is 103 cm³/mol. The Labute approximate surface area is 144 Å². The number of para-hydroxylation sites is 1. The number of fused-ring (bicyclic) bond motifs is 5. The smallest absolute Gasteiger partial charge is 0.193 e. The van der Waals surface area contributed by atoms with Crippen LogP contribution in [0, 0.1) is 0 Å². The molecule has 1 heterocycles. The van der Waals surface area contributed by atoms with Crippen molar-refractivity contribution in [1.82, 2.24) is 4.98 Å². The number of aromatic amines is 1. The average Bonchev–Trinajstić information content (AvgIpc) is 3.06. The highest BCUT2D eigenvalue weighted by molar-refractivity contribution is 6.26. The molecule has 0 saturated heterocycles. The van der Waals surface area contributed by atoms with Crippen LogP contribution in [-0.2, 0) is 0 Å². The molecule has 0 aliphatic rings. The summed E-state index contributed by atoms with van der Waals surface area (Å²) in [6.07, 6.45) is 0. The van der Waals surface area contributed by atoms with Gasteiger partial charge in [0.1, 0.15) is 0 Å². The molecule has 5 aromatic rings. The molecule has 0 saturated carbocycles. The normalized spacial score (nSPS) is 11.4. The molecule has 0 amide bonds. The van der Waals surface area contributed by atoms with Crippen LogP contribution in [0.2, 0.25) is 0 Å². The van der Waals surface area contributed by atoms with Crippen molar-refractivity contribution in [3.63, 3.8) is 0 Å². The van der Waals surface area contributed by atoms with Gasteiger partial charge in [-0.3, -0.25) is 4.79 Å². The molecule has 118 valence electrons. The van der Waals surface area contributed by atoms with Gasteiger partial charge in [0.15, 0.2) is 5.78 Å². The van der Waals surface area contributed by atoms with Gasteiger partial charge in [-0.15, -0.1) is 0 Å². The van der Waals surface area contributed by atoms with Gasteiger partial charge in [0.2, 0.25) is 0 Å². The number of carbonyl (C=O) groups excluding carboxylic acids is 1. The molecule has 0 fully saturated rings. The Morgan fingerprint density at radius 2 is 1.28 bits per heavy atom. The molecule has 1 aromatic heterocycles. The molecule has 0 aliphatic carbocycles. The molecule has 0 bridgehead atoms. The van der Waals surface area contributed by atoms with Crippen molar-refractivity contribution < 1.29 is 4.79 Å². The highest BCUT2D eigenvalue weighted by Crippen LogP contribution is 2.34. The first-order valence-corrected chi connectivity index (χ1v) is 8.35. The fourth-order valence-corrected chi connectivity index (χ4v) is 3.65. The molecule has 2 nitrogen and oxygen atoms in total. The summed E-state index contributed by atoms with van der Waals surface area (Å²) in [5, 5.41) is 4.47. The molecular formula is C23H15NO. The van der Waals surface area contributed by atoms with E-state index in [1.54, 1.807) is 0 Å². The molecular weight excluding hydrogens is 306 g/mol. The Balaban J connectivity index is 1.90. The van der Waals surface area contributed by atoms with Crippen LogP contribution in [0.4, 0.5) is 0 Å². The number of ketones is 1. The van der Waals surface area contributed by atoms with E-state index in [9.17, 15) is 4.79 Å². The van der Waals surface area contributed by atoms with Crippen LogP contribution < -0.4 is 0 Å². The zero-order chi connectivity index (χ0) is 16.8. The standard InChI is InChI=1S/C23H15NO/c25-23(15-8-2-1-3-9-15)19-14-21-22(17-11-5-4-10-16(17)19)18-12-6-7-13-20(18)24-21/h1-14,24H. The summed E-state index contributed by atoms with van der Waals surface area (Å²) in [6, 6.07) is 27.9. The van der Waals surface area contributed by atoms with Crippen molar-refractivity contribution in [2.45, 2.75) is 0 Å². The predicted octanol–water partition coefficient (Wildman–Crippen LogP) is 5.71. The lowest BCUT2D eigenvalue weighted by Gasteiger charge is -2.08. The number of hydrogen-bond donors (Lipinski definition) is 1. The largest absolute Gasteiger partial charge is 0.354 e. The van der Waals surface area contributed by atoms with Crippen LogP contribution in [-0.4, -0.2) is 10.8 Å². The summed E-state index contributed by atoms with van der Waals surface area (Å²) in [7, 11) is 0. The molecule has 25 heavy (non-hydrogen) atoms. The first-order valence-electron chi connectivity index (χ1n) is 8.35. The lowest BCUT2D eigenvalue weighted by Crippen LogP contribution is -2.02. The number of carbonyl (C=O) groups is 1. The summed E-state index contributed by atoms with van der Waals surface area (Å²) in [5.74, 6) is 0.0531. The summed E-state index contributed by atoms with van der Waals surface area (Å²) < 4.78 is 0. The third-order valence-electron chi connectivity index (χ3n) is 4.79. The molecule has 1 N–H and O–H groups in total. The quantitative estimate of drug-likeness (QED) is 0.415. The zero-order valence-electron chi connectivity index (χ0n) is 13.5. The molecule has 5 rings (SSSR count). The monoisotopic (exact) mass is 321 g/mol. The van der Waals surface area contributed by atoms with Crippen molar-refractivity contribution in [3.8, 4) is 0 Å². The molecule has 0 spiro atoms. The minimum atomic E-state index is 0.0531. The number of H-pyrrole nitrogens is 1.